The third-order valence-corrected chi connectivity index (χ3v) is 5.01. The highest BCUT2D eigenvalue weighted by Crippen LogP contribution is 2.17. The fourth-order valence-electron chi connectivity index (χ4n) is 1.47. The first-order valence-corrected chi connectivity index (χ1v) is 7.77. The summed E-state index contributed by atoms with van der Waals surface area (Å²) in [4.78, 5) is 2.01. The van der Waals surface area contributed by atoms with Crippen molar-refractivity contribution < 1.29 is 8.42 Å². The molecule has 0 aromatic heterocycles. The van der Waals surface area contributed by atoms with E-state index in [2.05, 4.69) is 5.32 Å². The monoisotopic (exact) mass is 270 g/mol. The summed E-state index contributed by atoms with van der Waals surface area (Å²) in [5, 5.41) is 2.83. The normalized spacial score (nSPS) is 11.6. The second kappa shape index (κ2) is 6.09. The zero-order chi connectivity index (χ0) is 13.8. The second-order valence-corrected chi connectivity index (χ2v) is 7.46. The molecule has 0 amide bonds. The summed E-state index contributed by atoms with van der Waals surface area (Å²) in [7, 11) is 0.981. The van der Waals surface area contributed by atoms with Crippen LogP contribution in [0.15, 0.2) is 24.3 Å². The Morgan fingerprint density at radius 2 is 1.94 bits per heavy atom. The first-order valence-electron chi connectivity index (χ1n) is 6.06. The van der Waals surface area contributed by atoms with E-state index < -0.39 is 9.84 Å². The van der Waals surface area contributed by atoms with E-state index in [9.17, 15) is 8.42 Å². The molecular formula is C13H22N2O2S. The molecule has 0 heterocycles. The van der Waals surface area contributed by atoms with E-state index in [4.69, 9.17) is 0 Å². The van der Waals surface area contributed by atoms with E-state index in [0.29, 0.717) is 6.54 Å². The lowest BCUT2D eigenvalue weighted by Gasteiger charge is -2.14. The summed E-state index contributed by atoms with van der Waals surface area (Å²) in [6.45, 7) is 3.86. The van der Waals surface area contributed by atoms with E-state index >= 15 is 0 Å². The van der Waals surface area contributed by atoms with Crippen LogP contribution in [-0.4, -0.2) is 40.1 Å². The molecular weight excluding hydrogens is 248 g/mol. The maximum Gasteiger partial charge on any atom is 0.154 e. The highest BCUT2D eigenvalue weighted by atomic mass is 32.2. The number of hydrogen-bond acceptors (Lipinski definition) is 4. The molecule has 0 spiro atoms. The molecule has 0 saturated carbocycles. The van der Waals surface area contributed by atoms with Gasteiger partial charge in [-0.2, -0.15) is 0 Å². The average Bonchev–Trinajstić information content (AvgIpc) is 2.29. The molecule has 0 aliphatic heterocycles. The van der Waals surface area contributed by atoms with Gasteiger partial charge in [0.05, 0.1) is 11.0 Å². The maximum atomic E-state index is 11.6. The molecule has 0 atom stereocenters. The topological polar surface area (TPSA) is 49.4 Å². The van der Waals surface area contributed by atoms with Gasteiger partial charge in [-0.3, -0.25) is 0 Å². The molecule has 0 fully saturated rings. The first-order chi connectivity index (χ1) is 8.33. The molecule has 18 heavy (non-hydrogen) atoms. The standard InChI is InChI=1S/C13H22N2O2S/c1-11(2)18(16,17)9-8-14-12-6-5-7-13(10-12)15(3)4/h5-7,10-11,14H,8-9H2,1-4H3. The largest absolute Gasteiger partial charge is 0.384 e. The van der Waals surface area contributed by atoms with Crippen LogP contribution in [0.2, 0.25) is 0 Å². The van der Waals surface area contributed by atoms with Crippen LogP contribution in [0.1, 0.15) is 13.8 Å². The third kappa shape index (κ3) is 4.22. The van der Waals surface area contributed by atoms with Crippen molar-refractivity contribution in [3.8, 4) is 0 Å². The number of nitrogens with zero attached hydrogens (tertiary/aromatic N) is 1. The Bertz CT molecular complexity index is 482. The minimum absolute atomic E-state index is 0.164. The Balaban J connectivity index is 2.57. The van der Waals surface area contributed by atoms with Gasteiger partial charge in [0.25, 0.3) is 0 Å². The number of nitrogens with one attached hydrogen (secondary N) is 1. The zero-order valence-electron chi connectivity index (χ0n) is 11.5. The lowest BCUT2D eigenvalue weighted by Crippen LogP contribution is -2.23. The van der Waals surface area contributed by atoms with Crippen LogP contribution in [0.25, 0.3) is 0 Å². The van der Waals surface area contributed by atoms with Crippen molar-refractivity contribution in [2.24, 2.45) is 0 Å². The van der Waals surface area contributed by atoms with Gasteiger partial charge in [-0.15, -0.1) is 0 Å². The van der Waals surface area contributed by atoms with Crippen molar-refractivity contribution in [3.05, 3.63) is 24.3 Å². The van der Waals surface area contributed by atoms with Crippen LogP contribution in [0.3, 0.4) is 0 Å². The first kappa shape index (κ1) is 14.8. The van der Waals surface area contributed by atoms with Gasteiger partial charge in [-0.05, 0) is 32.0 Å². The lowest BCUT2D eigenvalue weighted by molar-refractivity contribution is 0.588. The van der Waals surface area contributed by atoms with Gasteiger partial charge in [-0.25, -0.2) is 8.42 Å². The van der Waals surface area contributed by atoms with Crippen molar-refractivity contribution in [1.82, 2.24) is 0 Å². The minimum Gasteiger partial charge on any atom is -0.384 e. The molecule has 1 N–H and O–H groups in total. The Hall–Kier alpha value is -1.23. The van der Waals surface area contributed by atoms with Gasteiger partial charge in [0.2, 0.25) is 0 Å². The predicted molar refractivity (Wildman–Crippen MR) is 78.2 cm³/mol. The predicted octanol–water partition coefficient (Wildman–Crippen LogP) is 1.99. The molecule has 0 bridgehead atoms. The number of hydrogen-bond donors (Lipinski definition) is 1. The molecule has 0 aliphatic carbocycles. The van der Waals surface area contributed by atoms with Crippen molar-refractivity contribution in [3.63, 3.8) is 0 Å². The van der Waals surface area contributed by atoms with Crippen LogP contribution in [0.5, 0.6) is 0 Å². The number of rotatable bonds is 6. The molecule has 1 aromatic rings. The molecule has 0 radical (unpaired) electrons. The Morgan fingerprint density at radius 3 is 2.50 bits per heavy atom. The lowest BCUT2D eigenvalue weighted by atomic mass is 10.2. The van der Waals surface area contributed by atoms with E-state index in [1.165, 1.54) is 0 Å². The van der Waals surface area contributed by atoms with Crippen LogP contribution in [0, 0.1) is 0 Å². The van der Waals surface area contributed by atoms with Crippen molar-refractivity contribution in [2.75, 3.05) is 36.6 Å². The van der Waals surface area contributed by atoms with E-state index in [1.54, 1.807) is 13.8 Å². The summed E-state index contributed by atoms with van der Waals surface area (Å²) in [6, 6.07) is 7.90. The average molecular weight is 270 g/mol. The summed E-state index contributed by atoms with van der Waals surface area (Å²) in [5.74, 6) is 0.164. The van der Waals surface area contributed by atoms with Gasteiger partial charge in [-0.1, -0.05) is 6.07 Å². The maximum absolute atomic E-state index is 11.6. The molecule has 4 nitrogen and oxygen atoms in total. The van der Waals surface area contributed by atoms with Gasteiger partial charge in [0.15, 0.2) is 9.84 Å². The number of anilines is 2. The Labute approximate surface area is 110 Å². The molecule has 1 rings (SSSR count). The minimum atomic E-state index is -2.97. The van der Waals surface area contributed by atoms with Gasteiger partial charge in [0.1, 0.15) is 0 Å². The Kier molecular flexibility index (Phi) is 5.02. The second-order valence-electron chi connectivity index (χ2n) is 4.79. The SMILES string of the molecule is CC(C)S(=O)(=O)CCNc1cccc(N(C)C)c1. The fourth-order valence-corrected chi connectivity index (χ4v) is 2.33. The van der Waals surface area contributed by atoms with Crippen LogP contribution in [-0.2, 0) is 9.84 Å². The molecule has 0 aliphatic rings. The molecule has 102 valence electrons. The number of sulfone groups is 1. The van der Waals surface area contributed by atoms with E-state index in [0.717, 1.165) is 11.4 Å². The molecule has 0 saturated heterocycles. The zero-order valence-corrected chi connectivity index (χ0v) is 12.3. The van der Waals surface area contributed by atoms with Crippen molar-refractivity contribution in [1.29, 1.82) is 0 Å². The summed E-state index contributed by atoms with van der Waals surface area (Å²) in [6.07, 6.45) is 0. The molecule has 1 aromatic carbocycles. The quantitative estimate of drug-likeness (QED) is 0.859. The van der Waals surface area contributed by atoms with Gasteiger partial charge >= 0.3 is 0 Å². The highest BCUT2D eigenvalue weighted by molar-refractivity contribution is 7.92. The fraction of sp³-hybridized carbons (Fsp3) is 0.538. The summed E-state index contributed by atoms with van der Waals surface area (Å²) < 4.78 is 23.3. The van der Waals surface area contributed by atoms with Gasteiger partial charge < -0.3 is 10.2 Å². The summed E-state index contributed by atoms with van der Waals surface area (Å²) in [5.41, 5.74) is 2.03. The Morgan fingerprint density at radius 1 is 1.28 bits per heavy atom. The molecule has 0 unspecified atom stereocenters. The van der Waals surface area contributed by atoms with E-state index in [1.807, 2.05) is 43.3 Å². The smallest absolute Gasteiger partial charge is 0.154 e. The highest BCUT2D eigenvalue weighted by Gasteiger charge is 2.14. The third-order valence-electron chi connectivity index (χ3n) is 2.80. The number of benzene rings is 1. The van der Waals surface area contributed by atoms with Crippen LogP contribution in [0.4, 0.5) is 11.4 Å². The summed E-state index contributed by atoms with van der Waals surface area (Å²) >= 11 is 0. The molecule has 5 heteroatoms. The van der Waals surface area contributed by atoms with Crippen LogP contribution < -0.4 is 10.2 Å². The van der Waals surface area contributed by atoms with Crippen molar-refractivity contribution in [2.45, 2.75) is 19.1 Å². The van der Waals surface area contributed by atoms with Crippen molar-refractivity contribution >= 4 is 21.2 Å². The van der Waals surface area contributed by atoms with Gasteiger partial charge in [0, 0.05) is 32.0 Å². The van der Waals surface area contributed by atoms with Crippen LogP contribution >= 0.6 is 0 Å². The van der Waals surface area contributed by atoms with E-state index in [-0.39, 0.29) is 11.0 Å².